The third-order valence-corrected chi connectivity index (χ3v) is 8.97. The predicted molar refractivity (Wildman–Crippen MR) is 111 cm³/mol. The summed E-state index contributed by atoms with van der Waals surface area (Å²) in [6.45, 7) is 3.65. The first-order valence-electron chi connectivity index (χ1n) is 11.1. The highest BCUT2D eigenvalue weighted by Gasteiger charge is 2.53. The molecule has 4 nitrogen and oxygen atoms in total. The van der Waals surface area contributed by atoms with Crippen molar-refractivity contribution in [3.05, 3.63) is 22.4 Å². The molecule has 4 saturated carbocycles. The molecule has 152 valence electrons. The Hall–Kier alpha value is -1.36. The van der Waals surface area contributed by atoms with Gasteiger partial charge in [-0.05, 0) is 92.9 Å². The molecule has 5 heteroatoms. The van der Waals surface area contributed by atoms with Crippen LogP contribution in [0.4, 0.5) is 0 Å². The van der Waals surface area contributed by atoms with Crippen LogP contribution in [-0.4, -0.2) is 35.8 Å². The second-order valence-corrected chi connectivity index (χ2v) is 10.9. The van der Waals surface area contributed by atoms with Gasteiger partial charge in [-0.1, -0.05) is 0 Å². The summed E-state index contributed by atoms with van der Waals surface area (Å²) >= 11 is 1.56. The maximum Gasteiger partial charge on any atom is 0.254 e. The number of amides is 2. The van der Waals surface area contributed by atoms with Crippen molar-refractivity contribution in [2.75, 3.05) is 13.1 Å². The molecule has 2 amide bonds. The molecule has 4 aliphatic carbocycles. The van der Waals surface area contributed by atoms with Crippen molar-refractivity contribution in [2.24, 2.45) is 29.1 Å². The predicted octanol–water partition coefficient (Wildman–Crippen LogP) is 4.32. The van der Waals surface area contributed by atoms with Crippen LogP contribution in [0.25, 0.3) is 0 Å². The summed E-state index contributed by atoms with van der Waals surface area (Å²) in [6, 6.07) is 2.18. The van der Waals surface area contributed by atoms with Crippen LogP contribution < -0.4 is 5.32 Å². The van der Waals surface area contributed by atoms with Gasteiger partial charge in [-0.25, -0.2) is 0 Å². The van der Waals surface area contributed by atoms with E-state index in [1.807, 2.05) is 21.7 Å². The second-order valence-electron chi connectivity index (χ2n) is 10.1. The molecule has 28 heavy (non-hydrogen) atoms. The van der Waals surface area contributed by atoms with E-state index < -0.39 is 0 Å². The summed E-state index contributed by atoms with van der Waals surface area (Å²) < 4.78 is 0. The third kappa shape index (κ3) is 3.30. The van der Waals surface area contributed by atoms with Gasteiger partial charge in [0.15, 0.2) is 0 Å². The molecule has 1 atom stereocenters. The van der Waals surface area contributed by atoms with Gasteiger partial charge in [0, 0.05) is 30.4 Å². The minimum Gasteiger partial charge on any atom is -0.353 e. The fourth-order valence-corrected chi connectivity index (χ4v) is 7.74. The summed E-state index contributed by atoms with van der Waals surface area (Å²) in [5, 5.41) is 7.29. The highest BCUT2D eigenvalue weighted by Crippen LogP contribution is 2.61. The number of rotatable bonds is 4. The lowest BCUT2D eigenvalue weighted by Gasteiger charge is -2.59. The molecule has 0 unspecified atom stereocenters. The summed E-state index contributed by atoms with van der Waals surface area (Å²) in [7, 11) is 0. The molecular weight excluding hydrogens is 368 g/mol. The molecule has 6 rings (SSSR count). The van der Waals surface area contributed by atoms with Gasteiger partial charge in [0.25, 0.3) is 5.91 Å². The molecule has 1 aromatic heterocycles. The molecule has 0 radical (unpaired) electrons. The average Bonchev–Trinajstić information content (AvgIpc) is 3.21. The number of likely N-dealkylation sites (tertiary alicyclic amines) is 1. The highest BCUT2D eigenvalue weighted by atomic mass is 32.1. The van der Waals surface area contributed by atoms with Crippen molar-refractivity contribution in [3.63, 3.8) is 0 Å². The maximum absolute atomic E-state index is 13.0. The van der Waals surface area contributed by atoms with Gasteiger partial charge in [0.2, 0.25) is 5.91 Å². The van der Waals surface area contributed by atoms with Crippen LogP contribution in [0.5, 0.6) is 0 Å². The van der Waals surface area contributed by atoms with E-state index in [-0.39, 0.29) is 17.7 Å². The van der Waals surface area contributed by atoms with Gasteiger partial charge in [-0.15, -0.1) is 0 Å². The zero-order chi connectivity index (χ0) is 19.3. The summed E-state index contributed by atoms with van der Waals surface area (Å²) in [4.78, 5) is 27.4. The van der Waals surface area contributed by atoms with Crippen LogP contribution >= 0.6 is 11.3 Å². The molecule has 0 spiro atoms. The largest absolute Gasteiger partial charge is 0.353 e. The van der Waals surface area contributed by atoms with E-state index in [1.165, 1.54) is 38.5 Å². The quantitative estimate of drug-likeness (QED) is 0.818. The van der Waals surface area contributed by atoms with E-state index in [0.29, 0.717) is 24.5 Å². The van der Waals surface area contributed by atoms with E-state index in [0.717, 1.165) is 36.2 Å². The number of carbonyl (C=O) groups excluding carboxylic acids is 2. The number of carbonyl (C=O) groups is 2. The van der Waals surface area contributed by atoms with Gasteiger partial charge in [-0.3, -0.25) is 9.59 Å². The molecular formula is C23H32N2O2S. The van der Waals surface area contributed by atoms with Gasteiger partial charge in [0.05, 0.1) is 5.56 Å². The molecule has 1 N–H and O–H groups in total. The lowest BCUT2D eigenvalue weighted by Crippen LogP contribution is -2.56. The second kappa shape index (κ2) is 7.16. The monoisotopic (exact) mass is 400 g/mol. The van der Waals surface area contributed by atoms with Crippen molar-refractivity contribution in [2.45, 2.75) is 64.3 Å². The third-order valence-electron chi connectivity index (χ3n) is 8.28. The molecule has 5 aliphatic rings. The molecule has 2 heterocycles. The Balaban J connectivity index is 1.16. The number of piperidine rings is 1. The van der Waals surface area contributed by atoms with E-state index in [9.17, 15) is 9.59 Å². The van der Waals surface area contributed by atoms with E-state index in [2.05, 4.69) is 12.2 Å². The Morgan fingerprint density at radius 3 is 2.25 bits per heavy atom. The normalized spacial score (nSPS) is 35.8. The molecule has 1 aromatic rings. The van der Waals surface area contributed by atoms with E-state index >= 15 is 0 Å². The smallest absolute Gasteiger partial charge is 0.254 e. The number of thiophene rings is 1. The van der Waals surface area contributed by atoms with Crippen LogP contribution in [0.15, 0.2) is 16.8 Å². The lowest BCUT2D eigenvalue weighted by atomic mass is 9.48. The topological polar surface area (TPSA) is 49.4 Å². The van der Waals surface area contributed by atoms with E-state index in [1.54, 1.807) is 11.3 Å². The SMILES string of the molecule is C[C@H](NC(=O)C1CCN(C(=O)c2ccsc2)CC1)C12CC3CC(CC(C3)C1)C2. The average molecular weight is 401 g/mol. The van der Waals surface area contributed by atoms with Gasteiger partial charge in [0.1, 0.15) is 0 Å². The Morgan fingerprint density at radius 1 is 1.11 bits per heavy atom. The Bertz CT molecular complexity index is 701. The van der Waals surface area contributed by atoms with E-state index in [4.69, 9.17) is 0 Å². The van der Waals surface area contributed by atoms with Crippen LogP contribution in [0.3, 0.4) is 0 Å². The Kier molecular flexibility index (Phi) is 4.77. The van der Waals surface area contributed by atoms with Crippen molar-refractivity contribution in [1.82, 2.24) is 10.2 Å². The van der Waals surface area contributed by atoms with Crippen molar-refractivity contribution in [1.29, 1.82) is 0 Å². The molecule has 5 fully saturated rings. The minimum absolute atomic E-state index is 0.0582. The van der Waals surface area contributed by atoms with Crippen LogP contribution in [0.2, 0.25) is 0 Å². The molecule has 0 aromatic carbocycles. The first-order valence-corrected chi connectivity index (χ1v) is 12.1. The zero-order valence-corrected chi connectivity index (χ0v) is 17.7. The zero-order valence-electron chi connectivity index (χ0n) is 16.9. The van der Waals surface area contributed by atoms with Crippen LogP contribution in [0.1, 0.15) is 68.6 Å². The maximum atomic E-state index is 13.0. The van der Waals surface area contributed by atoms with Crippen molar-refractivity contribution >= 4 is 23.2 Å². The van der Waals surface area contributed by atoms with Gasteiger partial charge in [-0.2, -0.15) is 11.3 Å². The van der Waals surface area contributed by atoms with Crippen LogP contribution in [-0.2, 0) is 4.79 Å². The Morgan fingerprint density at radius 2 is 1.71 bits per heavy atom. The summed E-state index contributed by atoms with van der Waals surface area (Å²) in [5.74, 6) is 3.14. The fourth-order valence-electron chi connectivity index (χ4n) is 7.11. The van der Waals surface area contributed by atoms with Crippen molar-refractivity contribution < 1.29 is 9.59 Å². The van der Waals surface area contributed by atoms with Gasteiger partial charge < -0.3 is 10.2 Å². The number of nitrogens with zero attached hydrogens (tertiary/aromatic N) is 1. The van der Waals surface area contributed by atoms with Crippen molar-refractivity contribution in [3.8, 4) is 0 Å². The number of nitrogens with one attached hydrogen (secondary N) is 1. The standard InChI is InChI=1S/C23H32N2O2S/c1-15(23-11-16-8-17(12-23)10-18(9-16)13-23)24-21(26)19-2-5-25(6-3-19)22(27)20-4-7-28-14-20/h4,7,14-19H,2-3,5-6,8-13H2,1H3,(H,24,26)/t15-,16?,17?,18?,23?/m0/s1. The molecule has 1 aliphatic heterocycles. The number of hydrogen-bond donors (Lipinski definition) is 1. The lowest BCUT2D eigenvalue weighted by molar-refractivity contribution is -0.131. The Labute approximate surface area is 172 Å². The highest BCUT2D eigenvalue weighted by molar-refractivity contribution is 7.08. The van der Waals surface area contributed by atoms with Gasteiger partial charge >= 0.3 is 0 Å². The molecule has 1 saturated heterocycles. The first-order chi connectivity index (χ1) is 13.5. The first kappa shape index (κ1) is 18.7. The fraction of sp³-hybridized carbons (Fsp3) is 0.739. The minimum atomic E-state index is 0.0582. The van der Waals surface area contributed by atoms with Crippen LogP contribution in [0, 0.1) is 29.1 Å². The molecule has 4 bridgehead atoms. The number of hydrogen-bond acceptors (Lipinski definition) is 3. The summed E-state index contributed by atoms with van der Waals surface area (Å²) in [5.41, 5.74) is 1.14. The summed E-state index contributed by atoms with van der Waals surface area (Å²) in [6.07, 6.45) is 9.88.